The molecule has 0 aromatic heterocycles. The smallest absolute Gasteiger partial charge is 0.147 e. The van der Waals surface area contributed by atoms with Crippen LogP contribution in [-0.2, 0) is 20.8 Å². The maximum atomic E-state index is 6.90. The predicted octanol–water partition coefficient (Wildman–Crippen LogP) is 8.62. The van der Waals surface area contributed by atoms with E-state index in [2.05, 4.69) is 77.7 Å². The molecule has 0 N–H and O–H groups in total. The van der Waals surface area contributed by atoms with E-state index in [1.54, 1.807) is 11.1 Å². The third-order valence-corrected chi connectivity index (χ3v) is 11.5. The Balaban J connectivity index is 1.60. The first-order chi connectivity index (χ1) is 17.0. The van der Waals surface area contributed by atoms with E-state index in [1.165, 1.54) is 50.1 Å². The van der Waals surface area contributed by atoms with Crippen LogP contribution in [-0.4, -0.2) is 33.7 Å². The molecule has 3 aliphatic carbocycles. The SMILES string of the molecule is CC1=C2CC[C@]3(C)CCC[C@@H](OCc4ccccc4)[C@H]3[C@H](OCOCC[Si](C)(C)C)[C@H](CC1)C2(C)C. The molecule has 2 saturated carbocycles. The summed E-state index contributed by atoms with van der Waals surface area (Å²) >= 11 is 0. The molecule has 4 heteroatoms. The Labute approximate surface area is 222 Å². The molecule has 2 bridgehead atoms. The summed E-state index contributed by atoms with van der Waals surface area (Å²) in [5.74, 6) is 0.905. The fraction of sp³-hybridized carbons (Fsp3) is 0.750. The van der Waals surface area contributed by atoms with Gasteiger partial charge in [-0.3, -0.25) is 0 Å². The summed E-state index contributed by atoms with van der Waals surface area (Å²) in [7, 11) is -1.11. The molecule has 0 spiro atoms. The van der Waals surface area contributed by atoms with Gasteiger partial charge in [0.2, 0.25) is 0 Å². The zero-order valence-corrected chi connectivity index (χ0v) is 25.2. The highest BCUT2D eigenvalue weighted by molar-refractivity contribution is 6.76. The minimum Gasteiger partial charge on any atom is -0.373 e. The van der Waals surface area contributed by atoms with E-state index in [0.29, 0.717) is 25.2 Å². The average molecular weight is 513 g/mol. The van der Waals surface area contributed by atoms with Gasteiger partial charge in [-0.05, 0) is 73.8 Å². The molecule has 0 aliphatic heterocycles. The number of hydrogen-bond donors (Lipinski definition) is 0. The van der Waals surface area contributed by atoms with Crippen LogP contribution in [0.1, 0.15) is 78.2 Å². The van der Waals surface area contributed by atoms with Gasteiger partial charge in [0.05, 0.1) is 18.8 Å². The van der Waals surface area contributed by atoms with Crippen molar-refractivity contribution in [2.24, 2.45) is 22.7 Å². The summed E-state index contributed by atoms with van der Waals surface area (Å²) in [5, 5.41) is 0. The third kappa shape index (κ3) is 6.36. The van der Waals surface area contributed by atoms with E-state index >= 15 is 0 Å². The Bertz CT molecular complexity index is 886. The van der Waals surface area contributed by atoms with Gasteiger partial charge in [-0.2, -0.15) is 0 Å². The van der Waals surface area contributed by atoms with E-state index in [-0.39, 0.29) is 23.0 Å². The highest BCUT2D eigenvalue weighted by Gasteiger charge is 2.55. The Morgan fingerprint density at radius 1 is 0.944 bits per heavy atom. The van der Waals surface area contributed by atoms with E-state index in [4.69, 9.17) is 14.2 Å². The van der Waals surface area contributed by atoms with Crippen LogP contribution in [0.2, 0.25) is 25.7 Å². The van der Waals surface area contributed by atoms with Crippen LogP contribution < -0.4 is 0 Å². The number of rotatable bonds is 9. The zero-order valence-electron chi connectivity index (χ0n) is 24.2. The molecule has 1 aromatic carbocycles. The molecule has 0 amide bonds. The van der Waals surface area contributed by atoms with Crippen LogP contribution in [0.4, 0.5) is 0 Å². The lowest BCUT2D eigenvalue weighted by Crippen LogP contribution is -2.56. The molecule has 3 aliphatic rings. The van der Waals surface area contributed by atoms with Gasteiger partial charge < -0.3 is 14.2 Å². The van der Waals surface area contributed by atoms with Crippen LogP contribution in [0.25, 0.3) is 0 Å². The van der Waals surface area contributed by atoms with Crippen molar-refractivity contribution in [3.05, 3.63) is 47.0 Å². The van der Waals surface area contributed by atoms with Crippen molar-refractivity contribution in [2.75, 3.05) is 13.4 Å². The zero-order chi connectivity index (χ0) is 26.0. The summed E-state index contributed by atoms with van der Waals surface area (Å²) in [6.45, 7) is 19.1. The molecule has 1 aromatic rings. The van der Waals surface area contributed by atoms with Crippen molar-refractivity contribution in [1.29, 1.82) is 0 Å². The summed E-state index contributed by atoms with van der Waals surface area (Å²) in [6.07, 6.45) is 8.95. The van der Waals surface area contributed by atoms with E-state index < -0.39 is 8.07 Å². The predicted molar refractivity (Wildman–Crippen MR) is 153 cm³/mol. The molecule has 2 fully saturated rings. The lowest BCUT2D eigenvalue weighted by atomic mass is 9.51. The quantitative estimate of drug-likeness (QED) is 0.143. The Kier molecular flexibility index (Phi) is 8.92. The Morgan fingerprint density at radius 3 is 2.42 bits per heavy atom. The van der Waals surface area contributed by atoms with Crippen molar-refractivity contribution in [2.45, 2.75) is 117 Å². The van der Waals surface area contributed by atoms with Gasteiger partial charge >= 0.3 is 0 Å². The largest absolute Gasteiger partial charge is 0.373 e. The topological polar surface area (TPSA) is 27.7 Å². The van der Waals surface area contributed by atoms with Crippen LogP contribution in [0, 0.1) is 22.7 Å². The minimum absolute atomic E-state index is 0.161. The monoisotopic (exact) mass is 512 g/mol. The van der Waals surface area contributed by atoms with Crippen molar-refractivity contribution in [3.63, 3.8) is 0 Å². The fourth-order valence-electron chi connectivity index (χ4n) is 7.58. The molecule has 0 radical (unpaired) electrons. The Hall–Kier alpha value is -0.943. The van der Waals surface area contributed by atoms with Crippen LogP contribution in [0.5, 0.6) is 0 Å². The lowest BCUT2D eigenvalue weighted by Gasteiger charge is -2.57. The third-order valence-electron chi connectivity index (χ3n) is 9.84. The van der Waals surface area contributed by atoms with Crippen LogP contribution in [0.15, 0.2) is 41.5 Å². The summed E-state index contributed by atoms with van der Waals surface area (Å²) < 4.78 is 19.8. The van der Waals surface area contributed by atoms with Gasteiger partial charge in [0, 0.05) is 20.6 Å². The molecular formula is C32H52O3Si. The summed E-state index contributed by atoms with van der Waals surface area (Å²) in [4.78, 5) is 0. The minimum atomic E-state index is -1.11. The average Bonchev–Trinajstić information content (AvgIpc) is 2.80. The molecule has 3 nitrogen and oxygen atoms in total. The lowest BCUT2D eigenvalue weighted by molar-refractivity contribution is -0.201. The molecular weight excluding hydrogens is 460 g/mol. The highest BCUT2D eigenvalue weighted by Crippen LogP contribution is 2.58. The first kappa shape index (κ1) is 28.1. The summed E-state index contributed by atoms with van der Waals surface area (Å²) in [6, 6.07) is 11.9. The fourth-order valence-corrected chi connectivity index (χ4v) is 8.34. The van der Waals surface area contributed by atoms with E-state index in [9.17, 15) is 0 Å². The van der Waals surface area contributed by atoms with E-state index in [0.717, 1.165) is 13.0 Å². The number of ether oxygens (including phenoxy) is 3. The molecule has 0 unspecified atom stereocenters. The van der Waals surface area contributed by atoms with Crippen LogP contribution >= 0.6 is 0 Å². The highest BCUT2D eigenvalue weighted by atomic mass is 28.3. The number of hydrogen-bond acceptors (Lipinski definition) is 3. The van der Waals surface area contributed by atoms with Gasteiger partial charge in [0.15, 0.2) is 0 Å². The van der Waals surface area contributed by atoms with Gasteiger partial charge in [-0.15, -0.1) is 0 Å². The van der Waals surface area contributed by atoms with Gasteiger partial charge in [0.1, 0.15) is 6.79 Å². The second kappa shape index (κ2) is 11.4. The number of allylic oxidation sites excluding steroid dienone is 2. The molecule has 36 heavy (non-hydrogen) atoms. The van der Waals surface area contributed by atoms with Crippen molar-refractivity contribution >= 4 is 8.07 Å². The van der Waals surface area contributed by atoms with Gasteiger partial charge in [0.25, 0.3) is 0 Å². The second-order valence-electron chi connectivity index (χ2n) is 14.0. The molecule has 4 rings (SSSR count). The Morgan fingerprint density at radius 2 is 1.69 bits per heavy atom. The van der Waals surface area contributed by atoms with Crippen molar-refractivity contribution in [1.82, 2.24) is 0 Å². The maximum absolute atomic E-state index is 6.90. The molecule has 202 valence electrons. The first-order valence-electron chi connectivity index (χ1n) is 14.6. The normalized spacial score (nSPS) is 32.5. The maximum Gasteiger partial charge on any atom is 0.147 e. The second-order valence-corrected chi connectivity index (χ2v) is 19.6. The first-order valence-corrected chi connectivity index (χ1v) is 18.3. The molecule has 0 saturated heterocycles. The van der Waals surface area contributed by atoms with E-state index in [1.807, 2.05) is 0 Å². The van der Waals surface area contributed by atoms with Crippen LogP contribution in [0.3, 0.4) is 0 Å². The number of benzene rings is 1. The van der Waals surface area contributed by atoms with Gasteiger partial charge in [-0.25, -0.2) is 0 Å². The number of fused-ring (bicyclic) bond motifs is 3. The van der Waals surface area contributed by atoms with Crippen molar-refractivity contribution in [3.8, 4) is 0 Å². The van der Waals surface area contributed by atoms with Gasteiger partial charge in [-0.1, -0.05) is 88.3 Å². The van der Waals surface area contributed by atoms with Crippen molar-refractivity contribution < 1.29 is 14.2 Å². The molecule has 0 heterocycles. The summed E-state index contributed by atoms with van der Waals surface area (Å²) in [5.41, 5.74) is 5.01. The molecule has 5 atom stereocenters. The standard InChI is InChI=1S/C32H52O3Si/c1-24-15-16-27-30(35-23-33-20-21-36(5,6)7)29-28(34-22-25-12-9-8-10-13-25)14-11-18-32(29,4)19-17-26(24)31(27,2)3/h8-10,12-13,27-30H,11,14-23H2,1-7H3/t27-,28+,29-,30+,32-/m0/s1.